The van der Waals surface area contributed by atoms with Crippen LogP contribution in [0.2, 0.25) is 0 Å². The van der Waals surface area contributed by atoms with Crippen molar-refractivity contribution in [2.75, 3.05) is 4.90 Å². The van der Waals surface area contributed by atoms with Crippen LogP contribution >= 0.6 is 0 Å². The number of anilines is 3. The van der Waals surface area contributed by atoms with E-state index in [0.717, 1.165) is 30.1 Å². The van der Waals surface area contributed by atoms with E-state index in [1.54, 1.807) is 16.7 Å². The molecule has 4 aromatic carbocycles. The summed E-state index contributed by atoms with van der Waals surface area (Å²) in [6, 6.07) is 37.1. The molecule has 0 spiro atoms. The summed E-state index contributed by atoms with van der Waals surface area (Å²) in [5.41, 5.74) is 14.9. The Morgan fingerprint density at radius 2 is 1.29 bits per heavy atom. The normalized spacial score (nSPS) is 28.9. The molecule has 0 heterocycles. The van der Waals surface area contributed by atoms with Crippen LogP contribution in [0.4, 0.5) is 17.1 Å². The molecule has 5 unspecified atom stereocenters. The second kappa shape index (κ2) is 14.4. The highest BCUT2D eigenvalue weighted by Gasteiger charge is 2.53. The molecule has 286 valence electrons. The maximum atomic E-state index is 4.52. The van der Waals surface area contributed by atoms with Crippen molar-refractivity contribution in [2.45, 2.75) is 146 Å². The third kappa shape index (κ3) is 6.08. The van der Waals surface area contributed by atoms with Gasteiger partial charge in [0.2, 0.25) is 0 Å². The van der Waals surface area contributed by atoms with E-state index in [2.05, 4.69) is 116 Å². The molecule has 10 rings (SSSR count). The lowest BCUT2D eigenvalue weighted by atomic mass is 9.55. The second-order valence-corrected chi connectivity index (χ2v) is 19.7. The van der Waals surface area contributed by atoms with Crippen LogP contribution in [0.1, 0.15) is 158 Å². The van der Waals surface area contributed by atoms with E-state index in [4.69, 9.17) is 0 Å². The number of rotatable bonds is 8. The summed E-state index contributed by atoms with van der Waals surface area (Å²) in [4.78, 5) is 2.61. The van der Waals surface area contributed by atoms with Crippen molar-refractivity contribution in [1.29, 1.82) is 0 Å². The third-order valence-electron chi connectivity index (χ3n) is 16.5. The fraction of sp³-hybridized carbons (Fsp3) is 0.519. The molecule has 6 aliphatic rings. The van der Waals surface area contributed by atoms with Crippen LogP contribution in [0.5, 0.6) is 0 Å². The summed E-state index contributed by atoms with van der Waals surface area (Å²) in [6.07, 6.45) is 24.4. The molecule has 0 N–H and O–H groups in total. The Labute approximate surface area is 333 Å². The van der Waals surface area contributed by atoms with Gasteiger partial charge in [0.25, 0.3) is 0 Å². The average Bonchev–Trinajstić information content (AvgIpc) is 3.95. The van der Waals surface area contributed by atoms with Crippen molar-refractivity contribution in [3.63, 3.8) is 0 Å². The maximum Gasteiger partial charge on any atom is 0.0465 e. The molecular formula is C54H65N. The molecule has 1 heteroatoms. The van der Waals surface area contributed by atoms with E-state index in [0.29, 0.717) is 11.8 Å². The van der Waals surface area contributed by atoms with Crippen LogP contribution < -0.4 is 4.90 Å². The van der Waals surface area contributed by atoms with Gasteiger partial charge in [-0.1, -0.05) is 132 Å². The van der Waals surface area contributed by atoms with Crippen molar-refractivity contribution in [2.24, 2.45) is 29.6 Å². The van der Waals surface area contributed by atoms with Crippen molar-refractivity contribution in [1.82, 2.24) is 0 Å². The van der Waals surface area contributed by atoms with Crippen molar-refractivity contribution < 1.29 is 0 Å². The molecule has 0 aromatic heterocycles. The number of benzene rings is 4. The summed E-state index contributed by atoms with van der Waals surface area (Å²) >= 11 is 0. The molecule has 0 amide bonds. The van der Waals surface area contributed by atoms with E-state index in [1.807, 2.05) is 0 Å². The van der Waals surface area contributed by atoms with E-state index >= 15 is 0 Å². The van der Waals surface area contributed by atoms with E-state index in [1.165, 1.54) is 148 Å². The highest BCUT2D eigenvalue weighted by Crippen LogP contribution is 2.63. The minimum atomic E-state index is 0.109. The lowest BCUT2D eigenvalue weighted by Crippen LogP contribution is -2.44. The lowest BCUT2D eigenvalue weighted by Gasteiger charge is -2.49. The van der Waals surface area contributed by atoms with Crippen molar-refractivity contribution in [3.8, 4) is 11.1 Å². The van der Waals surface area contributed by atoms with Gasteiger partial charge in [-0.25, -0.2) is 0 Å². The predicted molar refractivity (Wildman–Crippen MR) is 233 cm³/mol. The molecule has 0 aliphatic heterocycles. The highest BCUT2D eigenvalue weighted by atomic mass is 15.1. The quantitative estimate of drug-likeness (QED) is 0.163. The van der Waals surface area contributed by atoms with Crippen molar-refractivity contribution in [3.05, 3.63) is 125 Å². The number of allylic oxidation sites excluding steroid dienone is 1. The Balaban J connectivity index is 1.10. The first kappa shape index (κ1) is 35.8. The Kier molecular flexibility index (Phi) is 9.39. The molecule has 2 bridgehead atoms. The maximum absolute atomic E-state index is 4.52. The van der Waals surface area contributed by atoms with Gasteiger partial charge in [-0.05, 0) is 175 Å². The SMILES string of the molecule is C=C1CC(CC)CC(C)(c2ccc(N(c3ccc(C4CC5CCC4C5)cc3)c3ccc4c(c3)C(C3CCCCC3)(C3CCCCC3)c3ccccc3-4)cc2)C1. The molecule has 5 atom stereocenters. The van der Waals surface area contributed by atoms with E-state index in [9.17, 15) is 0 Å². The Morgan fingerprint density at radius 3 is 1.93 bits per heavy atom. The van der Waals surface area contributed by atoms with Gasteiger partial charge in [-0.2, -0.15) is 0 Å². The molecule has 4 aromatic rings. The molecule has 55 heavy (non-hydrogen) atoms. The molecule has 0 radical (unpaired) electrons. The average molecular weight is 728 g/mol. The Hall–Kier alpha value is -3.58. The lowest BCUT2D eigenvalue weighted by molar-refractivity contribution is 0.137. The largest absolute Gasteiger partial charge is 0.310 e. The Morgan fingerprint density at radius 1 is 0.655 bits per heavy atom. The standard InChI is InChI=1S/C54H65N/c1-4-38-31-37(2)35-53(3,36-38)42-23-27-46(28-24-42)55(45-25-21-40(22-26-45)50-33-39-19-20-41(50)32-39)47-29-30-49-48-17-11-12-18-51(48)54(52(49)34-47,43-13-7-5-8-14-43)44-15-9-6-10-16-44/h11-12,17-18,21-30,34,38-39,41,43-44,50H,2,4-10,13-16,19-20,31-33,35-36H2,1,3H3. The second-order valence-electron chi connectivity index (χ2n) is 19.7. The molecular weight excluding hydrogens is 663 g/mol. The fourth-order valence-electron chi connectivity index (χ4n) is 14.1. The van der Waals surface area contributed by atoms with Gasteiger partial charge < -0.3 is 4.90 Å². The zero-order valence-electron chi connectivity index (χ0n) is 34.0. The van der Waals surface area contributed by atoms with Crippen LogP contribution in [0.3, 0.4) is 0 Å². The minimum absolute atomic E-state index is 0.109. The summed E-state index contributed by atoms with van der Waals surface area (Å²) in [5, 5.41) is 0. The number of hydrogen-bond donors (Lipinski definition) is 0. The molecule has 5 saturated carbocycles. The van der Waals surface area contributed by atoms with Gasteiger partial charge in [-0.3, -0.25) is 0 Å². The zero-order valence-corrected chi connectivity index (χ0v) is 34.0. The topological polar surface area (TPSA) is 3.24 Å². The molecule has 0 saturated heterocycles. The fourth-order valence-corrected chi connectivity index (χ4v) is 14.1. The van der Waals surface area contributed by atoms with Gasteiger partial charge in [-0.15, -0.1) is 0 Å². The van der Waals surface area contributed by atoms with Gasteiger partial charge in [0.1, 0.15) is 0 Å². The minimum Gasteiger partial charge on any atom is -0.310 e. The van der Waals surface area contributed by atoms with Crippen LogP contribution in [0.25, 0.3) is 11.1 Å². The monoisotopic (exact) mass is 728 g/mol. The Bertz CT molecular complexity index is 1990. The summed E-state index contributed by atoms with van der Waals surface area (Å²) in [7, 11) is 0. The molecule has 6 aliphatic carbocycles. The van der Waals surface area contributed by atoms with Crippen LogP contribution in [-0.2, 0) is 10.8 Å². The summed E-state index contributed by atoms with van der Waals surface area (Å²) in [6.45, 7) is 9.38. The van der Waals surface area contributed by atoms with Gasteiger partial charge in [0, 0.05) is 22.5 Å². The number of hydrogen-bond acceptors (Lipinski definition) is 1. The van der Waals surface area contributed by atoms with Gasteiger partial charge in [0.15, 0.2) is 0 Å². The van der Waals surface area contributed by atoms with Crippen LogP contribution in [0, 0.1) is 29.6 Å². The van der Waals surface area contributed by atoms with Gasteiger partial charge >= 0.3 is 0 Å². The van der Waals surface area contributed by atoms with Crippen LogP contribution in [0.15, 0.2) is 103 Å². The van der Waals surface area contributed by atoms with E-state index < -0.39 is 0 Å². The van der Waals surface area contributed by atoms with E-state index in [-0.39, 0.29) is 10.8 Å². The number of fused-ring (bicyclic) bond motifs is 5. The summed E-state index contributed by atoms with van der Waals surface area (Å²) in [5.74, 6) is 4.78. The van der Waals surface area contributed by atoms with Crippen molar-refractivity contribution >= 4 is 17.1 Å². The summed E-state index contributed by atoms with van der Waals surface area (Å²) < 4.78 is 0. The highest BCUT2D eigenvalue weighted by molar-refractivity contribution is 5.86. The molecule has 1 nitrogen and oxygen atoms in total. The first-order chi connectivity index (χ1) is 26.9. The smallest absolute Gasteiger partial charge is 0.0465 e. The molecule has 5 fully saturated rings. The van der Waals surface area contributed by atoms with Gasteiger partial charge in [0.05, 0.1) is 0 Å². The zero-order chi connectivity index (χ0) is 37.1. The third-order valence-corrected chi connectivity index (χ3v) is 16.5. The van der Waals surface area contributed by atoms with Crippen LogP contribution in [-0.4, -0.2) is 0 Å². The predicted octanol–water partition coefficient (Wildman–Crippen LogP) is 15.5. The number of nitrogens with zero attached hydrogens (tertiary/aromatic N) is 1. The first-order valence-electron chi connectivity index (χ1n) is 22.9. The first-order valence-corrected chi connectivity index (χ1v) is 22.9.